The van der Waals surface area contributed by atoms with Gasteiger partial charge in [0.2, 0.25) is 5.91 Å². The lowest BCUT2D eigenvalue weighted by molar-refractivity contribution is -0.359. The molecule has 104 heavy (non-hydrogen) atoms. The van der Waals surface area contributed by atoms with Gasteiger partial charge in [0.15, 0.2) is 12.6 Å². The Balaban J connectivity index is 1.55. The van der Waals surface area contributed by atoms with E-state index in [-0.39, 0.29) is 18.9 Å². The fourth-order valence-corrected chi connectivity index (χ4v) is 15.8. The number of ether oxygens (including phenoxy) is 4. The Morgan fingerprint density at radius 1 is 0.337 bits per heavy atom. The van der Waals surface area contributed by atoms with Crippen LogP contribution < -0.4 is 5.32 Å². The quantitative estimate of drug-likeness (QED) is 0.0204. The second-order valence-electron chi connectivity index (χ2n) is 32.8. The molecule has 618 valence electrons. The number of hydrogen-bond donors (Lipinski definition) is 9. The van der Waals surface area contributed by atoms with Crippen molar-refractivity contribution in [2.45, 2.75) is 537 Å². The van der Waals surface area contributed by atoms with E-state index >= 15 is 0 Å². The number of aliphatic hydroxyl groups is 8. The first-order chi connectivity index (χ1) is 51.1. The Labute approximate surface area is 641 Å². The fraction of sp³-hybridized carbons (Fsp3) is 0.967. The average molecular weight is 1480 g/mol. The first-order valence-corrected chi connectivity index (χ1v) is 45.9. The molecular weight excluding hydrogens is 1300 g/mol. The van der Waals surface area contributed by atoms with Crippen molar-refractivity contribution in [3.8, 4) is 0 Å². The Bertz CT molecular complexity index is 1790. The lowest BCUT2D eigenvalue weighted by Gasteiger charge is -2.46. The third kappa shape index (κ3) is 56.0. The van der Waals surface area contributed by atoms with Crippen molar-refractivity contribution >= 4 is 5.91 Å². The highest BCUT2D eigenvalue weighted by atomic mass is 16.7. The molecule has 0 aromatic carbocycles. The number of unbranched alkanes of at least 4 members (excludes halogenated alkanes) is 67. The third-order valence-corrected chi connectivity index (χ3v) is 23.0. The van der Waals surface area contributed by atoms with Crippen LogP contribution in [0.1, 0.15) is 463 Å². The van der Waals surface area contributed by atoms with E-state index in [0.717, 1.165) is 44.9 Å². The van der Waals surface area contributed by atoms with Crippen LogP contribution in [0, 0.1) is 0 Å². The number of carbonyl (C=O) groups is 1. The van der Waals surface area contributed by atoms with Crippen LogP contribution >= 0.6 is 0 Å². The lowest BCUT2D eigenvalue weighted by Crippen LogP contribution is -2.65. The smallest absolute Gasteiger partial charge is 0.220 e. The molecule has 0 saturated carbocycles. The summed E-state index contributed by atoms with van der Waals surface area (Å²) >= 11 is 0. The summed E-state index contributed by atoms with van der Waals surface area (Å²) in [5.74, 6) is -0.227. The highest BCUT2D eigenvalue weighted by Crippen LogP contribution is 2.31. The molecule has 12 atom stereocenters. The lowest BCUT2D eigenvalue weighted by atomic mass is 9.97. The van der Waals surface area contributed by atoms with Crippen LogP contribution in [0.25, 0.3) is 0 Å². The van der Waals surface area contributed by atoms with E-state index < -0.39 is 86.8 Å². The standard InChI is InChI=1S/C90H175NO13/c1-3-5-7-9-11-13-15-17-19-21-23-25-27-29-31-33-35-37-38-39-40-41-42-44-46-48-50-52-54-56-58-60-62-64-66-68-70-72-74-82(95)91-78(77-101-89-87(100)85(98)88(81(76-93)103-89)104-90-86(99)84(97)83(96)80(75-92)102-90)79(94)73-71-69-67-65-63-61-59-57-55-53-51-49-47-45-43-36-34-32-30-28-26-24-22-20-18-16-14-12-10-8-6-4-2/h71,73,78-81,83-90,92-94,96-100H,3-70,72,74-77H2,1-2H3,(H,91,95)/b73-71+. The van der Waals surface area contributed by atoms with E-state index in [1.54, 1.807) is 6.08 Å². The van der Waals surface area contributed by atoms with Gasteiger partial charge in [-0.15, -0.1) is 0 Å². The van der Waals surface area contributed by atoms with Crippen LogP contribution in [0.15, 0.2) is 12.2 Å². The summed E-state index contributed by atoms with van der Waals surface area (Å²) in [5.41, 5.74) is 0. The maximum absolute atomic E-state index is 13.4. The molecule has 0 radical (unpaired) electrons. The molecule has 0 spiro atoms. The average Bonchev–Trinajstić information content (AvgIpc) is 0.789. The molecule has 9 N–H and O–H groups in total. The maximum Gasteiger partial charge on any atom is 0.220 e. The van der Waals surface area contributed by atoms with Gasteiger partial charge in [-0.2, -0.15) is 0 Å². The predicted octanol–water partition coefficient (Wildman–Crippen LogP) is 22.4. The van der Waals surface area contributed by atoms with Crippen molar-refractivity contribution in [3.63, 3.8) is 0 Å². The first kappa shape index (κ1) is 98.8. The molecule has 0 aromatic rings. The van der Waals surface area contributed by atoms with E-state index in [1.807, 2.05) is 6.08 Å². The molecular formula is C90H175NO13. The highest BCUT2D eigenvalue weighted by Gasteiger charge is 2.51. The zero-order valence-corrected chi connectivity index (χ0v) is 68.3. The largest absolute Gasteiger partial charge is 0.394 e. The molecule has 2 heterocycles. The van der Waals surface area contributed by atoms with E-state index in [0.29, 0.717) is 0 Å². The van der Waals surface area contributed by atoms with Crippen LogP contribution in [-0.4, -0.2) is 140 Å². The van der Waals surface area contributed by atoms with E-state index in [4.69, 9.17) is 18.9 Å². The van der Waals surface area contributed by atoms with E-state index in [2.05, 4.69) is 19.2 Å². The molecule has 2 saturated heterocycles. The van der Waals surface area contributed by atoms with Gasteiger partial charge in [-0.25, -0.2) is 0 Å². The summed E-state index contributed by atoms with van der Waals surface area (Å²) < 4.78 is 23.0. The van der Waals surface area contributed by atoms with Crippen molar-refractivity contribution in [1.29, 1.82) is 0 Å². The highest BCUT2D eigenvalue weighted by molar-refractivity contribution is 5.76. The summed E-state index contributed by atoms with van der Waals surface area (Å²) in [6.07, 6.45) is 80.6. The summed E-state index contributed by atoms with van der Waals surface area (Å²) in [6, 6.07) is -0.913. The van der Waals surface area contributed by atoms with Crippen LogP contribution in [0.4, 0.5) is 0 Å². The molecule has 14 nitrogen and oxygen atoms in total. The second kappa shape index (κ2) is 74.5. The number of amides is 1. The van der Waals surface area contributed by atoms with E-state index in [1.165, 1.54) is 398 Å². The Hall–Kier alpha value is -1.27. The molecule has 2 aliphatic heterocycles. The van der Waals surface area contributed by atoms with Gasteiger partial charge in [-0.1, -0.05) is 450 Å². The number of rotatable bonds is 80. The molecule has 1 amide bonds. The summed E-state index contributed by atoms with van der Waals surface area (Å²) in [7, 11) is 0. The number of allylic oxidation sites excluding steroid dienone is 1. The Morgan fingerprint density at radius 3 is 0.885 bits per heavy atom. The molecule has 12 unspecified atom stereocenters. The SMILES string of the molecule is CCCCCCCCCCCCCCCCCCCCCCCCCCCCCCCC/C=C/C(O)C(COC1OC(CO)C(OC2OC(CO)C(O)C(O)C2O)C(O)C1O)NC(=O)CCCCCCCCCCCCCCCCCCCCCCCCCCCCCCCCCCCCCCCC. The van der Waals surface area contributed by atoms with Gasteiger partial charge in [0.1, 0.15) is 48.8 Å². The summed E-state index contributed by atoms with van der Waals surface area (Å²) in [6.45, 7) is 2.89. The monoisotopic (exact) mass is 1480 g/mol. The number of hydrogen-bond acceptors (Lipinski definition) is 13. The summed E-state index contributed by atoms with van der Waals surface area (Å²) in [4.78, 5) is 13.4. The Morgan fingerprint density at radius 2 is 0.596 bits per heavy atom. The number of carbonyl (C=O) groups excluding carboxylic acids is 1. The fourth-order valence-electron chi connectivity index (χ4n) is 15.8. The first-order valence-electron chi connectivity index (χ1n) is 45.9. The van der Waals surface area contributed by atoms with Crippen molar-refractivity contribution < 1.29 is 64.6 Å². The maximum atomic E-state index is 13.4. The van der Waals surface area contributed by atoms with Crippen molar-refractivity contribution in [1.82, 2.24) is 5.32 Å². The van der Waals surface area contributed by atoms with Gasteiger partial charge >= 0.3 is 0 Å². The predicted molar refractivity (Wildman–Crippen MR) is 434 cm³/mol. The zero-order chi connectivity index (χ0) is 75.1. The third-order valence-electron chi connectivity index (χ3n) is 23.0. The molecule has 14 heteroatoms. The molecule has 2 rings (SSSR count). The van der Waals surface area contributed by atoms with Crippen LogP contribution in [0.2, 0.25) is 0 Å². The van der Waals surface area contributed by atoms with Crippen molar-refractivity contribution in [3.05, 3.63) is 12.2 Å². The normalized spacial score (nSPS) is 21.4. The van der Waals surface area contributed by atoms with Crippen molar-refractivity contribution in [2.75, 3.05) is 19.8 Å². The number of aliphatic hydroxyl groups excluding tert-OH is 8. The van der Waals surface area contributed by atoms with Crippen LogP contribution in [0.5, 0.6) is 0 Å². The molecule has 0 bridgehead atoms. The van der Waals surface area contributed by atoms with E-state index in [9.17, 15) is 45.6 Å². The topological polar surface area (TPSA) is 228 Å². The Kier molecular flexibility index (Phi) is 70.8. The molecule has 0 aliphatic carbocycles. The van der Waals surface area contributed by atoms with Gasteiger partial charge in [0.25, 0.3) is 0 Å². The number of nitrogens with one attached hydrogen (secondary N) is 1. The molecule has 2 aliphatic rings. The van der Waals surface area contributed by atoms with Crippen LogP contribution in [-0.2, 0) is 23.7 Å². The zero-order valence-electron chi connectivity index (χ0n) is 68.3. The summed E-state index contributed by atoms with van der Waals surface area (Å²) in [5, 5.41) is 87.9. The van der Waals surface area contributed by atoms with Crippen LogP contribution in [0.3, 0.4) is 0 Å². The van der Waals surface area contributed by atoms with Gasteiger partial charge in [0.05, 0.1) is 32.0 Å². The molecule has 0 aromatic heterocycles. The minimum Gasteiger partial charge on any atom is -0.394 e. The molecule has 2 fully saturated rings. The van der Waals surface area contributed by atoms with Gasteiger partial charge in [-0.05, 0) is 19.3 Å². The van der Waals surface area contributed by atoms with Crippen molar-refractivity contribution in [2.24, 2.45) is 0 Å². The second-order valence-corrected chi connectivity index (χ2v) is 32.8. The van der Waals surface area contributed by atoms with Gasteiger partial charge < -0.3 is 65.1 Å². The minimum atomic E-state index is -1.79. The minimum absolute atomic E-state index is 0.227. The van der Waals surface area contributed by atoms with Gasteiger partial charge in [-0.3, -0.25) is 4.79 Å². The van der Waals surface area contributed by atoms with Gasteiger partial charge in [0, 0.05) is 6.42 Å².